The fraction of sp³-hybridized carbons (Fsp3) is 0.889. The highest BCUT2D eigenvalue weighted by molar-refractivity contribution is 5.69. The Morgan fingerprint density at radius 2 is 1.92 bits per heavy atom. The molecule has 0 aromatic carbocycles. The van der Waals surface area contributed by atoms with E-state index in [-0.39, 0.29) is 11.6 Å². The van der Waals surface area contributed by atoms with E-state index in [0.29, 0.717) is 6.04 Å². The zero-order valence-corrected chi connectivity index (χ0v) is 8.26. The van der Waals surface area contributed by atoms with Crippen LogP contribution in [0.4, 0.5) is 4.79 Å². The van der Waals surface area contributed by atoms with Crippen LogP contribution in [0.5, 0.6) is 0 Å². The Balaban J connectivity index is 2.67. The molecular formula is C9H17NO2. The third-order valence-corrected chi connectivity index (χ3v) is 2.01. The summed E-state index contributed by atoms with van der Waals surface area (Å²) in [5.74, 6) is 0. The zero-order valence-electron chi connectivity index (χ0n) is 8.26. The maximum Gasteiger partial charge on any atom is 0.410 e. The van der Waals surface area contributed by atoms with Crippen LogP contribution in [-0.4, -0.2) is 29.7 Å². The molecule has 0 bridgehead atoms. The number of hydrogen-bond donors (Lipinski definition) is 0. The molecule has 1 aliphatic carbocycles. The van der Waals surface area contributed by atoms with Gasteiger partial charge in [0.2, 0.25) is 0 Å². The molecule has 0 saturated heterocycles. The lowest BCUT2D eigenvalue weighted by Gasteiger charge is -2.34. The van der Waals surface area contributed by atoms with Gasteiger partial charge in [-0.1, -0.05) is 0 Å². The molecule has 0 aliphatic heterocycles. The molecule has 1 amide bonds. The predicted octanol–water partition coefficient (Wildman–Crippen LogP) is 2.02. The van der Waals surface area contributed by atoms with Gasteiger partial charge in [0.15, 0.2) is 0 Å². The topological polar surface area (TPSA) is 29.5 Å². The number of carbonyl (C=O) groups excluding carboxylic acids is 1. The van der Waals surface area contributed by atoms with E-state index in [2.05, 4.69) is 0 Å². The average molecular weight is 171 g/mol. The Morgan fingerprint density at radius 3 is 2.17 bits per heavy atom. The Kier molecular flexibility index (Phi) is 2.31. The van der Waals surface area contributed by atoms with Crippen LogP contribution in [0.25, 0.3) is 0 Å². The van der Waals surface area contributed by atoms with Gasteiger partial charge in [-0.2, -0.15) is 0 Å². The van der Waals surface area contributed by atoms with Crippen LogP contribution in [0.1, 0.15) is 33.6 Å². The fourth-order valence-electron chi connectivity index (χ4n) is 1.40. The van der Waals surface area contributed by atoms with Gasteiger partial charge in [-0.05, 0) is 33.6 Å². The van der Waals surface area contributed by atoms with Crippen LogP contribution < -0.4 is 0 Å². The summed E-state index contributed by atoms with van der Waals surface area (Å²) in [6, 6.07) is 0.414. The van der Waals surface area contributed by atoms with E-state index in [0.717, 1.165) is 12.8 Å². The molecule has 1 fully saturated rings. The molecule has 1 rings (SSSR count). The summed E-state index contributed by atoms with van der Waals surface area (Å²) >= 11 is 0. The van der Waals surface area contributed by atoms with Crippen LogP contribution in [0.3, 0.4) is 0 Å². The van der Waals surface area contributed by atoms with E-state index in [1.807, 2.05) is 25.7 Å². The summed E-state index contributed by atoms with van der Waals surface area (Å²) in [6.45, 7) is 6.09. The molecule has 1 aliphatic rings. The molecule has 1 saturated carbocycles. The minimum Gasteiger partial charge on any atom is -0.453 e. The van der Waals surface area contributed by atoms with Gasteiger partial charge >= 0.3 is 6.09 Å². The normalized spacial score (nSPS) is 17.3. The number of methoxy groups -OCH3 is 1. The Morgan fingerprint density at radius 1 is 1.42 bits per heavy atom. The van der Waals surface area contributed by atoms with E-state index in [1.165, 1.54) is 7.11 Å². The number of rotatable bonds is 1. The van der Waals surface area contributed by atoms with Crippen LogP contribution in [0.15, 0.2) is 0 Å². The van der Waals surface area contributed by atoms with Gasteiger partial charge in [0, 0.05) is 11.6 Å². The largest absolute Gasteiger partial charge is 0.453 e. The first-order valence-corrected chi connectivity index (χ1v) is 4.34. The van der Waals surface area contributed by atoms with E-state index >= 15 is 0 Å². The predicted molar refractivity (Wildman–Crippen MR) is 47.0 cm³/mol. The molecule has 0 spiro atoms. The van der Waals surface area contributed by atoms with Crippen molar-refractivity contribution in [1.29, 1.82) is 0 Å². The molecule has 70 valence electrons. The Labute approximate surface area is 73.7 Å². The van der Waals surface area contributed by atoms with E-state index in [1.54, 1.807) is 0 Å². The van der Waals surface area contributed by atoms with Gasteiger partial charge in [0.05, 0.1) is 7.11 Å². The smallest absolute Gasteiger partial charge is 0.410 e. The van der Waals surface area contributed by atoms with Crippen LogP contribution >= 0.6 is 0 Å². The third kappa shape index (κ3) is 1.90. The summed E-state index contributed by atoms with van der Waals surface area (Å²) in [6.07, 6.45) is 2.03. The number of carbonyl (C=O) groups is 1. The molecule has 0 unspecified atom stereocenters. The maximum atomic E-state index is 11.3. The SMILES string of the molecule is COC(=O)N(C1CC1)C(C)(C)C. The van der Waals surface area contributed by atoms with Gasteiger partial charge in [-0.25, -0.2) is 4.79 Å². The summed E-state index contributed by atoms with van der Waals surface area (Å²) in [5.41, 5.74) is -0.117. The van der Waals surface area contributed by atoms with Crippen molar-refractivity contribution in [3.63, 3.8) is 0 Å². The Hall–Kier alpha value is -0.730. The molecular weight excluding hydrogens is 154 g/mol. The lowest BCUT2D eigenvalue weighted by atomic mass is 10.1. The molecule has 0 N–H and O–H groups in total. The number of amides is 1. The van der Waals surface area contributed by atoms with Crippen molar-refractivity contribution in [2.24, 2.45) is 0 Å². The number of hydrogen-bond acceptors (Lipinski definition) is 2. The van der Waals surface area contributed by atoms with Crippen LogP contribution in [0, 0.1) is 0 Å². The lowest BCUT2D eigenvalue weighted by molar-refractivity contribution is 0.0791. The number of ether oxygens (including phenoxy) is 1. The van der Waals surface area contributed by atoms with E-state index in [4.69, 9.17) is 4.74 Å². The minimum atomic E-state index is -0.204. The monoisotopic (exact) mass is 171 g/mol. The van der Waals surface area contributed by atoms with Crippen molar-refractivity contribution >= 4 is 6.09 Å². The second-order valence-electron chi connectivity index (χ2n) is 4.24. The van der Waals surface area contributed by atoms with Crippen molar-refractivity contribution < 1.29 is 9.53 Å². The van der Waals surface area contributed by atoms with Crippen LogP contribution in [0.2, 0.25) is 0 Å². The summed E-state index contributed by atoms with van der Waals surface area (Å²) in [5, 5.41) is 0. The first-order valence-electron chi connectivity index (χ1n) is 4.34. The highest BCUT2D eigenvalue weighted by atomic mass is 16.5. The first kappa shape index (κ1) is 9.36. The number of nitrogens with zero attached hydrogens (tertiary/aromatic N) is 1. The van der Waals surface area contributed by atoms with Gasteiger partial charge in [0.1, 0.15) is 0 Å². The van der Waals surface area contributed by atoms with E-state index in [9.17, 15) is 4.79 Å². The van der Waals surface area contributed by atoms with Crippen LogP contribution in [-0.2, 0) is 4.74 Å². The van der Waals surface area contributed by atoms with Gasteiger partial charge in [-0.15, -0.1) is 0 Å². The van der Waals surface area contributed by atoms with Gasteiger partial charge in [0.25, 0.3) is 0 Å². The second kappa shape index (κ2) is 2.96. The highest BCUT2D eigenvalue weighted by Crippen LogP contribution is 2.32. The molecule has 0 radical (unpaired) electrons. The van der Waals surface area contributed by atoms with Crippen molar-refractivity contribution in [2.45, 2.75) is 45.2 Å². The zero-order chi connectivity index (χ0) is 9.35. The standard InChI is InChI=1S/C9H17NO2/c1-9(2,3)10(7-5-6-7)8(11)12-4/h7H,5-6H2,1-4H3. The van der Waals surface area contributed by atoms with Crippen molar-refractivity contribution in [3.8, 4) is 0 Å². The minimum absolute atomic E-state index is 0.117. The van der Waals surface area contributed by atoms with Crippen molar-refractivity contribution in [2.75, 3.05) is 7.11 Å². The second-order valence-corrected chi connectivity index (χ2v) is 4.24. The molecule has 3 nitrogen and oxygen atoms in total. The first-order chi connectivity index (χ1) is 5.46. The highest BCUT2D eigenvalue weighted by Gasteiger charge is 2.39. The molecule has 12 heavy (non-hydrogen) atoms. The quantitative estimate of drug-likeness (QED) is 0.604. The summed E-state index contributed by atoms with van der Waals surface area (Å²) < 4.78 is 4.73. The molecule has 0 heterocycles. The van der Waals surface area contributed by atoms with Crippen molar-refractivity contribution in [3.05, 3.63) is 0 Å². The van der Waals surface area contributed by atoms with E-state index < -0.39 is 0 Å². The average Bonchev–Trinajstić information content (AvgIpc) is 2.68. The van der Waals surface area contributed by atoms with Crippen molar-refractivity contribution in [1.82, 2.24) is 4.90 Å². The fourth-order valence-corrected chi connectivity index (χ4v) is 1.40. The molecule has 3 heteroatoms. The molecule has 0 aromatic rings. The molecule has 0 atom stereocenters. The van der Waals surface area contributed by atoms with Gasteiger partial charge < -0.3 is 9.64 Å². The maximum absolute atomic E-state index is 11.3. The third-order valence-electron chi connectivity index (χ3n) is 2.01. The summed E-state index contributed by atoms with van der Waals surface area (Å²) in [7, 11) is 1.43. The Bertz CT molecular complexity index is 179. The molecule has 0 aromatic heterocycles. The van der Waals surface area contributed by atoms with Gasteiger partial charge in [-0.3, -0.25) is 0 Å². The summed E-state index contributed by atoms with van der Waals surface area (Å²) in [4.78, 5) is 13.2. The lowest BCUT2D eigenvalue weighted by Crippen LogP contribution is -2.47.